The smallest absolute Gasteiger partial charge is 0.0856 e. The normalized spacial score (nSPS) is 20.2. The summed E-state index contributed by atoms with van der Waals surface area (Å²) in [6.45, 7) is 4.04. The summed E-state index contributed by atoms with van der Waals surface area (Å²) >= 11 is 4.17. The summed E-state index contributed by atoms with van der Waals surface area (Å²) in [5.74, 6) is 2.63. The monoisotopic (exact) mass is 260 g/mol. The zero-order valence-corrected chi connectivity index (χ0v) is 11.8. The molecule has 0 nitrogen and oxygen atoms in total. The third kappa shape index (κ3) is 6.00. The van der Waals surface area contributed by atoms with Crippen LogP contribution in [0, 0.1) is 0 Å². The summed E-state index contributed by atoms with van der Waals surface area (Å²) in [7, 11) is 0. The van der Waals surface area contributed by atoms with Gasteiger partial charge >= 0.3 is 0 Å². The maximum Gasteiger partial charge on any atom is 0.0856 e. The predicted octanol–water partition coefficient (Wildman–Crippen LogP) is 5.17. The number of allylic oxidation sites excluding steroid dienone is 3. The van der Waals surface area contributed by atoms with E-state index < -0.39 is 0 Å². The van der Waals surface area contributed by atoms with Gasteiger partial charge in [0.25, 0.3) is 0 Å². The van der Waals surface area contributed by atoms with Gasteiger partial charge in [0.15, 0.2) is 0 Å². The second kappa shape index (κ2) is 8.24. The Kier molecular flexibility index (Phi) is 7.30. The molecule has 0 spiro atoms. The molecule has 1 rings (SSSR count). The lowest BCUT2D eigenvalue weighted by molar-refractivity contribution is 0.699. The van der Waals surface area contributed by atoms with Crippen LogP contribution in [0.2, 0.25) is 0 Å². The molecule has 0 saturated carbocycles. The molecule has 0 amide bonds. The molecular formula is C13H21FS2. The second-order valence-electron chi connectivity index (χ2n) is 4.27. The Morgan fingerprint density at radius 1 is 1.25 bits per heavy atom. The van der Waals surface area contributed by atoms with Gasteiger partial charge < -0.3 is 0 Å². The maximum atomic E-state index is 12.1. The summed E-state index contributed by atoms with van der Waals surface area (Å²) in [5.41, 5.74) is 2.30. The Balaban J connectivity index is 2.22. The molecule has 0 radical (unpaired) electrons. The zero-order valence-electron chi connectivity index (χ0n) is 10.2. The van der Waals surface area contributed by atoms with Crippen LogP contribution in [0.15, 0.2) is 23.6 Å². The summed E-state index contributed by atoms with van der Waals surface area (Å²) in [6, 6.07) is 0. The van der Waals surface area contributed by atoms with E-state index in [9.17, 15) is 4.39 Å². The fraction of sp³-hybridized carbons (Fsp3) is 0.692. The molecule has 1 aliphatic rings. The van der Waals surface area contributed by atoms with Crippen molar-refractivity contribution in [2.24, 2.45) is 0 Å². The lowest BCUT2D eigenvalue weighted by atomic mass is 10.1. The van der Waals surface area contributed by atoms with Crippen molar-refractivity contribution < 1.29 is 4.39 Å². The van der Waals surface area contributed by atoms with E-state index in [2.05, 4.69) is 36.5 Å². The minimum atomic E-state index is 0.718. The molecular weight excluding hydrogens is 239 g/mol. The van der Waals surface area contributed by atoms with Crippen LogP contribution in [-0.4, -0.2) is 16.1 Å². The summed E-state index contributed by atoms with van der Waals surface area (Å²) in [6.07, 6.45) is 7.35. The molecule has 1 fully saturated rings. The van der Waals surface area contributed by atoms with Crippen molar-refractivity contribution in [3.63, 3.8) is 0 Å². The molecule has 0 unspecified atom stereocenters. The van der Waals surface area contributed by atoms with Crippen molar-refractivity contribution in [3.05, 3.63) is 23.6 Å². The van der Waals surface area contributed by atoms with Crippen molar-refractivity contribution in [2.75, 3.05) is 11.5 Å². The zero-order chi connectivity index (χ0) is 11.8. The quantitative estimate of drug-likeness (QED) is 0.625. The Morgan fingerprint density at radius 3 is 2.56 bits per heavy atom. The Labute approximate surface area is 107 Å². The van der Waals surface area contributed by atoms with Crippen molar-refractivity contribution >= 4 is 23.5 Å². The number of hydrogen-bond donors (Lipinski definition) is 0. The van der Waals surface area contributed by atoms with Gasteiger partial charge in [0, 0.05) is 0 Å². The highest BCUT2D eigenvalue weighted by Gasteiger charge is 2.14. The Hall–Kier alpha value is 0.110. The first-order valence-electron chi connectivity index (χ1n) is 5.87. The minimum absolute atomic E-state index is 0.718. The van der Waals surface area contributed by atoms with Crippen LogP contribution in [-0.2, 0) is 0 Å². The molecule has 92 valence electrons. The van der Waals surface area contributed by atoms with E-state index in [1.807, 2.05) is 6.92 Å². The van der Waals surface area contributed by atoms with Crippen LogP contribution >= 0.6 is 23.5 Å². The number of hydrogen-bond acceptors (Lipinski definition) is 2. The average Bonchev–Trinajstić information content (AvgIpc) is 2.30. The molecule has 16 heavy (non-hydrogen) atoms. The maximum absolute atomic E-state index is 12.1. The molecule has 0 bridgehead atoms. The van der Waals surface area contributed by atoms with Gasteiger partial charge in [-0.3, -0.25) is 0 Å². The van der Waals surface area contributed by atoms with Gasteiger partial charge in [-0.2, -0.15) is 0 Å². The van der Waals surface area contributed by atoms with E-state index in [4.69, 9.17) is 0 Å². The highest BCUT2D eigenvalue weighted by atomic mass is 32.2. The topological polar surface area (TPSA) is 0 Å². The fourth-order valence-electron chi connectivity index (χ4n) is 1.60. The molecule has 0 N–H and O–H groups in total. The van der Waals surface area contributed by atoms with Crippen molar-refractivity contribution in [3.8, 4) is 0 Å². The van der Waals surface area contributed by atoms with E-state index >= 15 is 0 Å². The van der Waals surface area contributed by atoms with Gasteiger partial charge in [-0.1, -0.05) is 11.6 Å². The van der Waals surface area contributed by atoms with Crippen LogP contribution in [0.25, 0.3) is 0 Å². The van der Waals surface area contributed by atoms with Crippen molar-refractivity contribution in [1.82, 2.24) is 0 Å². The molecule has 0 aromatic heterocycles. The van der Waals surface area contributed by atoms with Gasteiger partial charge in [-0.25, -0.2) is 4.39 Å². The van der Waals surface area contributed by atoms with Crippen LogP contribution in [0.3, 0.4) is 0 Å². The number of halogens is 1. The van der Waals surface area contributed by atoms with E-state index in [1.54, 1.807) is 0 Å². The van der Waals surface area contributed by atoms with Gasteiger partial charge in [0.05, 0.1) is 10.9 Å². The summed E-state index contributed by atoms with van der Waals surface area (Å²) < 4.78 is 12.8. The van der Waals surface area contributed by atoms with Crippen LogP contribution in [0.4, 0.5) is 4.39 Å². The molecule has 1 aliphatic heterocycles. The molecule has 1 saturated heterocycles. The van der Waals surface area contributed by atoms with Gasteiger partial charge in [-0.05, 0) is 56.6 Å². The fourth-order valence-corrected chi connectivity index (χ4v) is 4.66. The number of thioether (sulfide) groups is 2. The average molecular weight is 260 g/mol. The van der Waals surface area contributed by atoms with E-state index in [0.29, 0.717) is 0 Å². The standard InChI is InChI=1S/C13H21FS2/c1-11(5-3-6-12(2)10-14)9-13-15-7-4-8-16-13/h5,10,13H,3-4,6-9H2,1-2H3/b11-5+,12-10-. The first-order valence-corrected chi connectivity index (χ1v) is 7.97. The first kappa shape index (κ1) is 14.2. The van der Waals surface area contributed by atoms with Gasteiger partial charge in [-0.15, -0.1) is 23.5 Å². The van der Waals surface area contributed by atoms with Crippen molar-refractivity contribution in [2.45, 2.75) is 44.1 Å². The van der Waals surface area contributed by atoms with Gasteiger partial charge in [0.2, 0.25) is 0 Å². The SMILES string of the molecule is C/C(=C/F)CC/C=C(\C)CC1SCCCS1. The molecule has 1 heterocycles. The molecule has 0 aromatic rings. The van der Waals surface area contributed by atoms with Crippen LogP contribution in [0.5, 0.6) is 0 Å². The Bertz CT molecular complexity index is 253. The molecule has 0 aliphatic carbocycles. The van der Waals surface area contributed by atoms with E-state index in [1.165, 1.54) is 29.9 Å². The Morgan fingerprint density at radius 2 is 1.94 bits per heavy atom. The molecule has 3 heteroatoms. The van der Waals surface area contributed by atoms with Crippen LogP contribution < -0.4 is 0 Å². The summed E-state index contributed by atoms with van der Waals surface area (Å²) in [5, 5.41) is 0. The highest BCUT2D eigenvalue weighted by Crippen LogP contribution is 2.34. The third-order valence-corrected chi connectivity index (χ3v) is 5.54. The van der Waals surface area contributed by atoms with Crippen molar-refractivity contribution in [1.29, 1.82) is 0 Å². The minimum Gasteiger partial charge on any atom is -0.216 e. The lowest BCUT2D eigenvalue weighted by Crippen LogP contribution is -2.06. The lowest BCUT2D eigenvalue weighted by Gasteiger charge is -2.20. The van der Waals surface area contributed by atoms with Gasteiger partial charge in [0.1, 0.15) is 0 Å². The second-order valence-corrected chi connectivity index (χ2v) is 7.19. The van der Waals surface area contributed by atoms with E-state index in [0.717, 1.165) is 29.3 Å². The first-order chi connectivity index (χ1) is 7.72. The largest absolute Gasteiger partial charge is 0.216 e. The van der Waals surface area contributed by atoms with Crippen LogP contribution in [0.1, 0.15) is 39.5 Å². The van der Waals surface area contributed by atoms with E-state index in [-0.39, 0.29) is 0 Å². The third-order valence-electron chi connectivity index (χ3n) is 2.60. The summed E-state index contributed by atoms with van der Waals surface area (Å²) in [4.78, 5) is 0. The molecule has 0 atom stereocenters. The predicted molar refractivity (Wildman–Crippen MR) is 75.8 cm³/mol. The highest BCUT2D eigenvalue weighted by molar-refractivity contribution is 8.17. The molecule has 0 aromatic carbocycles. The number of rotatable bonds is 5.